The largest absolute Gasteiger partial charge is 0.506 e. The minimum absolute atomic E-state index is 0.00979. The molecule has 0 saturated heterocycles. The van der Waals surface area contributed by atoms with Gasteiger partial charge in [-0.3, -0.25) is 0 Å². The molecule has 1 aromatic rings. The van der Waals surface area contributed by atoms with Crippen molar-refractivity contribution >= 4 is 11.6 Å². The second-order valence-corrected chi connectivity index (χ2v) is 4.62. The van der Waals surface area contributed by atoms with E-state index < -0.39 is 0 Å². The van der Waals surface area contributed by atoms with E-state index in [1.807, 2.05) is 19.9 Å². The number of benzene rings is 1. The van der Waals surface area contributed by atoms with Gasteiger partial charge in [0.1, 0.15) is 5.75 Å². The maximum Gasteiger partial charge on any atom is 0.138 e. The standard InChI is InChI=1S/C12H18ClNO2/c1-7(2)8-5-9(11(14)3-4-15)12(16)10(13)6-8/h5-7,11,15-16H,3-4,14H2,1-2H3. The third-order valence-corrected chi connectivity index (χ3v) is 2.91. The molecule has 0 aliphatic heterocycles. The van der Waals surface area contributed by atoms with Crippen LogP contribution in [0.3, 0.4) is 0 Å². The summed E-state index contributed by atoms with van der Waals surface area (Å²) in [5, 5.41) is 19.0. The second-order valence-electron chi connectivity index (χ2n) is 4.21. The number of halogens is 1. The van der Waals surface area contributed by atoms with Gasteiger partial charge < -0.3 is 15.9 Å². The smallest absolute Gasteiger partial charge is 0.138 e. The summed E-state index contributed by atoms with van der Waals surface area (Å²) in [6, 6.07) is 3.21. The molecule has 0 aliphatic rings. The molecule has 0 heterocycles. The van der Waals surface area contributed by atoms with Crippen molar-refractivity contribution in [1.82, 2.24) is 0 Å². The van der Waals surface area contributed by atoms with Gasteiger partial charge in [-0.2, -0.15) is 0 Å². The molecule has 0 aromatic heterocycles. The van der Waals surface area contributed by atoms with Crippen LogP contribution in [-0.2, 0) is 0 Å². The zero-order valence-corrected chi connectivity index (χ0v) is 10.3. The van der Waals surface area contributed by atoms with Crippen LogP contribution in [0.25, 0.3) is 0 Å². The predicted octanol–water partition coefficient (Wildman–Crippen LogP) is 2.55. The van der Waals surface area contributed by atoms with Gasteiger partial charge in [0.25, 0.3) is 0 Å². The van der Waals surface area contributed by atoms with Gasteiger partial charge in [-0.1, -0.05) is 31.5 Å². The van der Waals surface area contributed by atoms with Gasteiger partial charge in [0.15, 0.2) is 0 Å². The molecule has 0 bridgehead atoms. The summed E-state index contributed by atoms with van der Waals surface area (Å²) in [4.78, 5) is 0. The fourth-order valence-electron chi connectivity index (χ4n) is 1.55. The SMILES string of the molecule is CC(C)c1cc(Cl)c(O)c(C(N)CCO)c1. The second kappa shape index (κ2) is 5.53. The summed E-state index contributed by atoms with van der Waals surface area (Å²) in [6.45, 7) is 4.08. The Kier molecular flexibility index (Phi) is 4.59. The molecule has 0 spiro atoms. The van der Waals surface area contributed by atoms with Crippen LogP contribution in [0.5, 0.6) is 5.75 Å². The van der Waals surface area contributed by atoms with Crippen molar-refractivity contribution in [2.75, 3.05) is 6.61 Å². The summed E-state index contributed by atoms with van der Waals surface area (Å²) < 4.78 is 0. The molecule has 0 fully saturated rings. The van der Waals surface area contributed by atoms with Crippen LogP contribution in [-0.4, -0.2) is 16.8 Å². The van der Waals surface area contributed by atoms with Crippen LogP contribution < -0.4 is 5.73 Å². The van der Waals surface area contributed by atoms with Crippen LogP contribution in [0.1, 0.15) is 43.4 Å². The van der Waals surface area contributed by atoms with Crippen molar-refractivity contribution in [3.05, 3.63) is 28.3 Å². The van der Waals surface area contributed by atoms with Crippen molar-refractivity contribution in [1.29, 1.82) is 0 Å². The Bertz CT molecular complexity index is 366. The number of phenols is 1. The zero-order chi connectivity index (χ0) is 12.3. The van der Waals surface area contributed by atoms with Gasteiger partial charge in [0, 0.05) is 18.2 Å². The molecule has 4 N–H and O–H groups in total. The molecule has 4 heteroatoms. The number of aromatic hydroxyl groups is 1. The Hall–Kier alpha value is -0.770. The molecule has 1 unspecified atom stereocenters. The molecular weight excluding hydrogens is 226 g/mol. The Labute approximate surface area is 101 Å². The fourth-order valence-corrected chi connectivity index (χ4v) is 1.79. The molecule has 1 atom stereocenters. The molecule has 1 aromatic carbocycles. The third kappa shape index (κ3) is 2.88. The number of nitrogens with two attached hydrogens (primary N) is 1. The van der Waals surface area contributed by atoms with E-state index >= 15 is 0 Å². The quantitative estimate of drug-likeness (QED) is 0.761. The Morgan fingerprint density at radius 3 is 2.50 bits per heavy atom. The van der Waals surface area contributed by atoms with Crippen LogP contribution in [0.2, 0.25) is 5.02 Å². The number of aliphatic hydroxyl groups is 1. The topological polar surface area (TPSA) is 66.5 Å². The number of phenolic OH excluding ortho intramolecular Hbond substituents is 1. The normalized spacial score (nSPS) is 13.1. The monoisotopic (exact) mass is 243 g/mol. The number of hydrogen-bond donors (Lipinski definition) is 3. The van der Waals surface area contributed by atoms with E-state index in [2.05, 4.69) is 0 Å². The summed E-state index contributed by atoms with van der Waals surface area (Å²) >= 11 is 5.94. The lowest BCUT2D eigenvalue weighted by atomic mass is 9.96. The van der Waals surface area contributed by atoms with Gasteiger partial charge in [-0.15, -0.1) is 0 Å². The van der Waals surface area contributed by atoms with E-state index in [4.69, 9.17) is 22.4 Å². The maximum atomic E-state index is 9.81. The molecule has 3 nitrogen and oxygen atoms in total. The van der Waals surface area contributed by atoms with E-state index in [9.17, 15) is 5.11 Å². The van der Waals surface area contributed by atoms with Crippen molar-refractivity contribution in [2.24, 2.45) is 5.73 Å². The van der Waals surface area contributed by atoms with E-state index in [0.717, 1.165) is 5.56 Å². The van der Waals surface area contributed by atoms with Gasteiger partial charge in [0.05, 0.1) is 5.02 Å². The average molecular weight is 244 g/mol. The highest BCUT2D eigenvalue weighted by Crippen LogP contribution is 2.35. The van der Waals surface area contributed by atoms with E-state index in [0.29, 0.717) is 22.9 Å². The molecule has 90 valence electrons. The minimum Gasteiger partial charge on any atom is -0.506 e. The van der Waals surface area contributed by atoms with Gasteiger partial charge in [-0.25, -0.2) is 0 Å². The lowest BCUT2D eigenvalue weighted by molar-refractivity contribution is 0.275. The highest BCUT2D eigenvalue weighted by atomic mass is 35.5. The molecule has 1 rings (SSSR count). The summed E-state index contributed by atoms with van der Waals surface area (Å²) in [5.74, 6) is 0.338. The van der Waals surface area contributed by atoms with Crippen molar-refractivity contribution in [3.8, 4) is 5.75 Å². The molecule has 16 heavy (non-hydrogen) atoms. The number of aliphatic hydroxyl groups excluding tert-OH is 1. The first-order chi connectivity index (χ1) is 7.47. The first kappa shape index (κ1) is 13.3. The summed E-state index contributed by atoms with van der Waals surface area (Å²) in [7, 11) is 0. The lowest BCUT2D eigenvalue weighted by Gasteiger charge is -2.16. The maximum absolute atomic E-state index is 9.81. The average Bonchev–Trinajstić information content (AvgIpc) is 2.21. The lowest BCUT2D eigenvalue weighted by Crippen LogP contribution is -2.12. The fraction of sp³-hybridized carbons (Fsp3) is 0.500. The summed E-state index contributed by atoms with van der Waals surface area (Å²) in [5.41, 5.74) is 7.50. The molecular formula is C12H18ClNO2. The van der Waals surface area contributed by atoms with Crippen LogP contribution >= 0.6 is 11.6 Å². The van der Waals surface area contributed by atoms with Crippen LogP contribution in [0, 0.1) is 0 Å². The Morgan fingerprint density at radius 1 is 1.38 bits per heavy atom. The highest BCUT2D eigenvalue weighted by Gasteiger charge is 2.15. The predicted molar refractivity (Wildman–Crippen MR) is 65.8 cm³/mol. The first-order valence-electron chi connectivity index (χ1n) is 5.36. The van der Waals surface area contributed by atoms with Gasteiger partial charge in [0.2, 0.25) is 0 Å². The molecule has 0 radical (unpaired) electrons. The van der Waals surface area contributed by atoms with Crippen molar-refractivity contribution < 1.29 is 10.2 Å². The van der Waals surface area contributed by atoms with E-state index in [1.54, 1.807) is 6.07 Å². The van der Waals surface area contributed by atoms with Crippen molar-refractivity contribution in [3.63, 3.8) is 0 Å². The van der Waals surface area contributed by atoms with E-state index in [1.165, 1.54) is 0 Å². The zero-order valence-electron chi connectivity index (χ0n) is 9.57. The molecule has 0 amide bonds. The number of hydrogen-bond acceptors (Lipinski definition) is 3. The Balaban J connectivity index is 3.16. The van der Waals surface area contributed by atoms with Crippen LogP contribution in [0.15, 0.2) is 12.1 Å². The molecule has 0 aliphatic carbocycles. The molecule has 0 saturated carbocycles. The minimum atomic E-state index is -0.388. The van der Waals surface area contributed by atoms with Crippen LogP contribution in [0.4, 0.5) is 0 Å². The van der Waals surface area contributed by atoms with Gasteiger partial charge >= 0.3 is 0 Å². The number of rotatable bonds is 4. The van der Waals surface area contributed by atoms with Gasteiger partial charge in [-0.05, 0) is 24.0 Å². The Morgan fingerprint density at radius 2 is 2.00 bits per heavy atom. The third-order valence-electron chi connectivity index (χ3n) is 2.62. The van der Waals surface area contributed by atoms with E-state index in [-0.39, 0.29) is 18.4 Å². The highest BCUT2D eigenvalue weighted by molar-refractivity contribution is 6.32. The summed E-state index contributed by atoms with van der Waals surface area (Å²) in [6.07, 6.45) is 0.408. The van der Waals surface area contributed by atoms with Crippen molar-refractivity contribution in [2.45, 2.75) is 32.2 Å². The first-order valence-corrected chi connectivity index (χ1v) is 5.74.